The highest BCUT2D eigenvalue weighted by molar-refractivity contribution is 5.78. The molecule has 0 atom stereocenters. The predicted molar refractivity (Wildman–Crippen MR) is 54.6 cm³/mol. The molecule has 1 aromatic heterocycles. The number of aromatic nitrogens is 1. The molecule has 0 saturated heterocycles. The highest BCUT2D eigenvalue weighted by atomic mass is 16.1. The van der Waals surface area contributed by atoms with Gasteiger partial charge in [0.15, 0.2) is 0 Å². The Morgan fingerprint density at radius 3 is 2.93 bits per heavy atom. The maximum atomic E-state index is 11.6. The quantitative estimate of drug-likeness (QED) is 0.754. The third-order valence-corrected chi connectivity index (χ3v) is 2.86. The van der Waals surface area contributed by atoms with Crippen LogP contribution in [-0.4, -0.2) is 10.9 Å². The smallest absolute Gasteiger partial charge is 0.223 e. The molecule has 76 valence electrons. The number of hydrogen-bond acceptors (Lipinski definition) is 1. The normalized spacial score (nSPS) is 17.1. The van der Waals surface area contributed by atoms with E-state index >= 15 is 0 Å². The van der Waals surface area contributed by atoms with Crippen molar-refractivity contribution in [3.05, 3.63) is 24.0 Å². The van der Waals surface area contributed by atoms with Crippen LogP contribution in [0.15, 0.2) is 18.5 Å². The van der Waals surface area contributed by atoms with Gasteiger partial charge in [0.05, 0.1) is 0 Å². The summed E-state index contributed by atoms with van der Waals surface area (Å²) in [7, 11) is 0. The molecule has 1 fully saturated rings. The van der Waals surface area contributed by atoms with Crippen molar-refractivity contribution in [3.8, 4) is 0 Å². The van der Waals surface area contributed by atoms with Crippen LogP contribution in [0.5, 0.6) is 0 Å². The Balaban J connectivity index is 1.77. The largest absolute Gasteiger partial charge is 0.367 e. The molecule has 1 aliphatic rings. The standard InChI is InChI=1S/C11H16N2O/c14-11(10-3-1-2-4-10)13-8-9-5-6-12-7-9/h5-7,10,12H,1-4,8H2,(H,13,14). The van der Waals surface area contributed by atoms with Crippen molar-refractivity contribution in [2.75, 3.05) is 0 Å². The molecule has 2 N–H and O–H groups in total. The van der Waals surface area contributed by atoms with E-state index in [1.54, 1.807) is 0 Å². The van der Waals surface area contributed by atoms with E-state index in [4.69, 9.17) is 0 Å². The number of aromatic amines is 1. The summed E-state index contributed by atoms with van der Waals surface area (Å²) in [6.45, 7) is 0.652. The van der Waals surface area contributed by atoms with Gasteiger partial charge in [-0.05, 0) is 24.5 Å². The monoisotopic (exact) mass is 192 g/mol. The van der Waals surface area contributed by atoms with Gasteiger partial charge in [0, 0.05) is 24.9 Å². The number of carbonyl (C=O) groups excluding carboxylic acids is 1. The van der Waals surface area contributed by atoms with E-state index in [1.165, 1.54) is 12.8 Å². The van der Waals surface area contributed by atoms with Gasteiger partial charge in [-0.3, -0.25) is 4.79 Å². The Kier molecular flexibility index (Phi) is 2.87. The van der Waals surface area contributed by atoms with Crippen molar-refractivity contribution in [3.63, 3.8) is 0 Å². The number of amides is 1. The van der Waals surface area contributed by atoms with E-state index in [2.05, 4.69) is 10.3 Å². The first-order valence-corrected chi connectivity index (χ1v) is 5.25. The fourth-order valence-electron chi connectivity index (χ4n) is 1.99. The molecule has 0 unspecified atom stereocenters. The second-order valence-corrected chi connectivity index (χ2v) is 3.92. The van der Waals surface area contributed by atoms with Gasteiger partial charge >= 0.3 is 0 Å². The van der Waals surface area contributed by atoms with E-state index in [1.807, 2.05) is 18.5 Å². The molecular weight excluding hydrogens is 176 g/mol. The topological polar surface area (TPSA) is 44.9 Å². The maximum absolute atomic E-state index is 11.6. The summed E-state index contributed by atoms with van der Waals surface area (Å²) in [5.74, 6) is 0.498. The molecule has 1 heterocycles. The van der Waals surface area contributed by atoms with Crippen LogP contribution in [-0.2, 0) is 11.3 Å². The Hall–Kier alpha value is -1.25. The first-order chi connectivity index (χ1) is 6.86. The number of carbonyl (C=O) groups is 1. The molecule has 2 rings (SSSR count). The van der Waals surface area contributed by atoms with E-state index in [9.17, 15) is 4.79 Å². The van der Waals surface area contributed by atoms with Crippen LogP contribution in [0.25, 0.3) is 0 Å². The number of H-pyrrole nitrogens is 1. The molecule has 14 heavy (non-hydrogen) atoms. The lowest BCUT2D eigenvalue weighted by Gasteiger charge is -2.08. The third kappa shape index (κ3) is 2.16. The highest BCUT2D eigenvalue weighted by Gasteiger charge is 2.21. The van der Waals surface area contributed by atoms with Gasteiger partial charge < -0.3 is 10.3 Å². The fraction of sp³-hybridized carbons (Fsp3) is 0.545. The van der Waals surface area contributed by atoms with E-state index in [-0.39, 0.29) is 11.8 Å². The Morgan fingerprint density at radius 1 is 1.50 bits per heavy atom. The molecule has 3 heteroatoms. The highest BCUT2D eigenvalue weighted by Crippen LogP contribution is 2.24. The molecule has 0 aromatic carbocycles. The van der Waals surface area contributed by atoms with Gasteiger partial charge in [0.2, 0.25) is 5.91 Å². The lowest BCUT2D eigenvalue weighted by molar-refractivity contribution is -0.124. The summed E-state index contributed by atoms with van der Waals surface area (Å²) in [6, 6.07) is 1.98. The first kappa shape index (κ1) is 9.31. The zero-order valence-corrected chi connectivity index (χ0v) is 8.25. The average Bonchev–Trinajstić information content (AvgIpc) is 2.87. The number of rotatable bonds is 3. The van der Waals surface area contributed by atoms with Crippen LogP contribution < -0.4 is 5.32 Å². The molecular formula is C11H16N2O. The van der Waals surface area contributed by atoms with Crippen molar-refractivity contribution in [1.82, 2.24) is 10.3 Å². The lowest BCUT2D eigenvalue weighted by atomic mass is 10.1. The molecule has 1 aromatic rings. The van der Waals surface area contributed by atoms with Gasteiger partial charge in [0.25, 0.3) is 0 Å². The molecule has 0 aliphatic heterocycles. The van der Waals surface area contributed by atoms with Gasteiger partial charge in [-0.1, -0.05) is 12.8 Å². The van der Waals surface area contributed by atoms with Crippen LogP contribution in [0.4, 0.5) is 0 Å². The van der Waals surface area contributed by atoms with E-state index in [0.29, 0.717) is 6.54 Å². The minimum absolute atomic E-state index is 0.226. The molecule has 1 amide bonds. The van der Waals surface area contributed by atoms with Crippen LogP contribution in [0.2, 0.25) is 0 Å². The summed E-state index contributed by atoms with van der Waals surface area (Å²) in [4.78, 5) is 14.6. The summed E-state index contributed by atoms with van der Waals surface area (Å²) >= 11 is 0. The summed E-state index contributed by atoms with van der Waals surface area (Å²) in [6.07, 6.45) is 8.34. The SMILES string of the molecule is O=C(NCc1cc[nH]c1)C1CCCC1. The van der Waals surface area contributed by atoms with Gasteiger partial charge in [0.1, 0.15) is 0 Å². The van der Waals surface area contributed by atoms with Gasteiger partial charge in [-0.25, -0.2) is 0 Å². The second-order valence-electron chi connectivity index (χ2n) is 3.92. The van der Waals surface area contributed by atoms with E-state index < -0.39 is 0 Å². The molecule has 0 spiro atoms. The van der Waals surface area contributed by atoms with Gasteiger partial charge in [-0.15, -0.1) is 0 Å². The summed E-state index contributed by atoms with van der Waals surface area (Å²) in [5, 5.41) is 2.97. The van der Waals surface area contributed by atoms with Crippen molar-refractivity contribution in [1.29, 1.82) is 0 Å². The summed E-state index contributed by atoms with van der Waals surface area (Å²) in [5.41, 5.74) is 1.14. The second kappa shape index (κ2) is 4.31. The zero-order chi connectivity index (χ0) is 9.80. The minimum Gasteiger partial charge on any atom is -0.367 e. The van der Waals surface area contributed by atoms with Crippen LogP contribution in [0.1, 0.15) is 31.2 Å². The summed E-state index contributed by atoms with van der Waals surface area (Å²) < 4.78 is 0. The van der Waals surface area contributed by atoms with Crippen LogP contribution in [0, 0.1) is 5.92 Å². The molecule has 0 bridgehead atoms. The Bertz CT molecular complexity index is 286. The number of hydrogen-bond donors (Lipinski definition) is 2. The molecule has 1 aliphatic carbocycles. The Labute approximate surface area is 83.9 Å². The van der Waals surface area contributed by atoms with Crippen LogP contribution >= 0.6 is 0 Å². The Morgan fingerprint density at radius 2 is 2.29 bits per heavy atom. The van der Waals surface area contributed by atoms with Crippen LogP contribution in [0.3, 0.4) is 0 Å². The average molecular weight is 192 g/mol. The molecule has 3 nitrogen and oxygen atoms in total. The maximum Gasteiger partial charge on any atom is 0.223 e. The van der Waals surface area contributed by atoms with E-state index in [0.717, 1.165) is 18.4 Å². The van der Waals surface area contributed by atoms with Crippen molar-refractivity contribution in [2.24, 2.45) is 5.92 Å². The third-order valence-electron chi connectivity index (χ3n) is 2.86. The predicted octanol–water partition coefficient (Wildman–Crippen LogP) is 1.82. The number of nitrogens with one attached hydrogen (secondary N) is 2. The van der Waals surface area contributed by atoms with Crippen molar-refractivity contribution >= 4 is 5.91 Å². The molecule has 1 saturated carbocycles. The van der Waals surface area contributed by atoms with Gasteiger partial charge in [-0.2, -0.15) is 0 Å². The zero-order valence-electron chi connectivity index (χ0n) is 8.25. The molecule has 0 radical (unpaired) electrons. The first-order valence-electron chi connectivity index (χ1n) is 5.25. The lowest BCUT2D eigenvalue weighted by Crippen LogP contribution is -2.28. The van der Waals surface area contributed by atoms with Crippen molar-refractivity contribution in [2.45, 2.75) is 32.2 Å². The van der Waals surface area contributed by atoms with Crippen molar-refractivity contribution < 1.29 is 4.79 Å². The minimum atomic E-state index is 0.226. The fourth-order valence-corrected chi connectivity index (χ4v) is 1.99.